The van der Waals surface area contributed by atoms with Gasteiger partial charge in [0, 0.05) is 32.9 Å². The molecule has 2 aromatic rings. The molecule has 21 heavy (non-hydrogen) atoms. The van der Waals surface area contributed by atoms with Gasteiger partial charge >= 0.3 is 5.97 Å². The van der Waals surface area contributed by atoms with Gasteiger partial charge in [0.05, 0.1) is 6.20 Å². The van der Waals surface area contributed by atoms with Crippen molar-refractivity contribution in [3.05, 3.63) is 18.1 Å². The Morgan fingerprint density at radius 3 is 2.52 bits per heavy atom. The lowest BCUT2D eigenvalue weighted by Gasteiger charge is -2.18. The fourth-order valence-corrected chi connectivity index (χ4v) is 2.00. The summed E-state index contributed by atoms with van der Waals surface area (Å²) in [7, 11) is 4.96. The van der Waals surface area contributed by atoms with Crippen LogP contribution in [0.4, 0.5) is 0 Å². The molecule has 2 aromatic heterocycles. The third-order valence-electron chi connectivity index (χ3n) is 3.04. The van der Waals surface area contributed by atoms with Crippen LogP contribution in [-0.4, -0.2) is 60.8 Å². The molecule has 0 aromatic carbocycles. The first-order valence-electron chi connectivity index (χ1n) is 6.21. The zero-order valence-corrected chi connectivity index (χ0v) is 12.2. The van der Waals surface area contributed by atoms with Crippen molar-refractivity contribution in [2.24, 2.45) is 7.05 Å². The smallest absolute Gasteiger partial charge is 0.358 e. The minimum Gasteiger partial charge on any atom is -0.476 e. The van der Waals surface area contributed by atoms with Gasteiger partial charge < -0.3 is 10.0 Å². The number of carbonyl (C=O) groups excluding carboxylic acids is 1. The lowest BCUT2D eigenvalue weighted by Crippen LogP contribution is -2.30. The van der Waals surface area contributed by atoms with Crippen LogP contribution in [0.25, 0.3) is 11.3 Å². The Hall–Kier alpha value is -2.71. The predicted molar refractivity (Wildman–Crippen MR) is 72.6 cm³/mol. The standard InChI is InChI=1S/C12H16N6O3/c1-7(11(19)16(2)3)18-10(8-5-13-17(4)6-8)9(12(20)21)14-15-18/h5-7H,1-4H3,(H,20,21). The van der Waals surface area contributed by atoms with E-state index in [1.165, 1.54) is 20.5 Å². The summed E-state index contributed by atoms with van der Waals surface area (Å²) in [5.41, 5.74) is 0.595. The second-order valence-corrected chi connectivity index (χ2v) is 4.85. The number of nitrogens with zero attached hydrogens (tertiary/aromatic N) is 6. The van der Waals surface area contributed by atoms with E-state index in [1.54, 1.807) is 34.3 Å². The van der Waals surface area contributed by atoms with E-state index >= 15 is 0 Å². The third kappa shape index (κ3) is 2.62. The maximum absolute atomic E-state index is 12.1. The van der Waals surface area contributed by atoms with Gasteiger partial charge in [-0.1, -0.05) is 5.21 Å². The monoisotopic (exact) mass is 292 g/mol. The van der Waals surface area contributed by atoms with Crippen LogP contribution in [0.2, 0.25) is 0 Å². The molecule has 0 aliphatic rings. The van der Waals surface area contributed by atoms with E-state index in [-0.39, 0.29) is 17.3 Å². The number of carboxylic acid groups (broad SMARTS) is 1. The average molecular weight is 292 g/mol. The molecule has 1 N–H and O–H groups in total. The SMILES string of the molecule is CC(C(=O)N(C)C)n1nnc(C(=O)O)c1-c1cnn(C)c1. The van der Waals surface area contributed by atoms with Gasteiger partial charge in [-0.2, -0.15) is 5.10 Å². The van der Waals surface area contributed by atoms with Gasteiger partial charge in [-0.15, -0.1) is 5.10 Å². The number of aryl methyl sites for hydroxylation is 1. The molecular formula is C12H16N6O3. The second-order valence-electron chi connectivity index (χ2n) is 4.85. The third-order valence-corrected chi connectivity index (χ3v) is 3.04. The van der Waals surface area contributed by atoms with Crippen LogP contribution in [0.3, 0.4) is 0 Å². The van der Waals surface area contributed by atoms with Gasteiger partial charge in [0.25, 0.3) is 0 Å². The lowest BCUT2D eigenvalue weighted by molar-refractivity contribution is -0.131. The van der Waals surface area contributed by atoms with E-state index in [0.717, 1.165) is 0 Å². The molecule has 1 unspecified atom stereocenters. The summed E-state index contributed by atoms with van der Waals surface area (Å²) >= 11 is 0. The van der Waals surface area contributed by atoms with E-state index in [9.17, 15) is 14.7 Å². The van der Waals surface area contributed by atoms with E-state index in [1.807, 2.05) is 0 Å². The Kier molecular flexibility index (Phi) is 3.74. The maximum Gasteiger partial charge on any atom is 0.358 e. The first-order valence-corrected chi connectivity index (χ1v) is 6.21. The number of likely N-dealkylation sites (N-methyl/N-ethyl adjacent to an activating group) is 1. The van der Waals surface area contributed by atoms with Crippen LogP contribution >= 0.6 is 0 Å². The fraction of sp³-hybridized carbons (Fsp3) is 0.417. The van der Waals surface area contributed by atoms with Crippen molar-refractivity contribution in [3.8, 4) is 11.3 Å². The van der Waals surface area contributed by atoms with Crippen LogP contribution in [0.1, 0.15) is 23.5 Å². The van der Waals surface area contributed by atoms with Crippen molar-refractivity contribution >= 4 is 11.9 Å². The largest absolute Gasteiger partial charge is 0.476 e. The highest BCUT2D eigenvalue weighted by molar-refractivity contribution is 5.93. The normalized spacial score (nSPS) is 12.2. The van der Waals surface area contributed by atoms with Crippen molar-refractivity contribution in [1.82, 2.24) is 29.7 Å². The number of hydrogen-bond donors (Lipinski definition) is 1. The Labute approximate surface area is 120 Å². The maximum atomic E-state index is 12.1. The minimum atomic E-state index is -1.20. The summed E-state index contributed by atoms with van der Waals surface area (Å²) in [6.07, 6.45) is 3.16. The molecule has 0 aliphatic carbocycles. The molecule has 9 nitrogen and oxygen atoms in total. The summed E-state index contributed by atoms with van der Waals surface area (Å²) in [6, 6.07) is -0.671. The lowest BCUT2D eigenvalue weighted by atomic mass is 10.2. The zero-order chi connectivity index (χ0) is 15.7. The molecule has 2 rings (SSSR count). The highest BCUT2D eigenvalue weighted by Crippen LogP contribution is 2.25. The van der Waals surface area contributed by atoms with Crippen LogP contribution in [0.15, 0.2) is 12.4 Å². The average Bonchev–Trinajstić information content (AvgIpc) is 3.02. The predicted octanol–water partition coefficient (Wildman–Crippen LogP) is 0.0260. The van der Waals surface area contributed by atoms with Gasteiger partial charge in [-0.05, 0) is 6.92 Å². The topological polar surface area (TPSA) is 106 Å². The Balaban J connectivity index is 2.57. The molecule has 0 bridgehead atoms. The number of hydrogen-bond acceptors (Lipinski definition) is 5. The fourth-order valence-electron chi connectivity index (χ4n) is 2.00. The van der Waals surface area contributed by atoms with Crippen LogP contribution in [0.5, 0.6) is 0 Å². The summed E-state index contributed by atoms with van der Waals surface area (Å²) in [5.74, 6) is -1.41. The molecule has 0 fully saturated rings. The Morgan fingerprint density at radius 1 is 1.38 bits per heavy atom. The molecule has 1 amide bonds. The summed E-state index contributed by atoms with van der Waals surface area (Å²) in [6.45, 7) is 1.64. The van der Waals surface area contributed by atoms with Crippen LogP contribution in [0, 0.1) is 0 Å². The van der Waals surface area contributed by atoms with Gasteiger partial charge in [0.1, 0.15) is 11.7 Å². The number of rotatable bonds is 4. The van der Waals surface area contributed by atoms with Crippen molar-refractivity contribution in [3.63, 3.8) is 0 Å². The number of carbonyl (C=O) groups is 2. The Morgan fingerprint density at radius 2 is 2.05 bits per heavy atom. The molecule has 0 spiro atoms. The zero-order valence-electron chi connectivity index (χ0n) is 12.2. The molecule has 2 heterocycles. The van der Waals surface area contributed by atoms with E-state index in [2.05, 4.69) is 15.4 Å². The summed E-state index contributed by atoms with van der Waals surface area (Å²) in [4.78, 5) is 24.8. The molecule has 0 aliphatic heterocycles. The van der Waals surface area contributed by atoms with Crippen molar-refractivity contribution in [2.45, 2.75) is 13.0 Å². The Bertz CT molecular complexity index is 687. The molecule has 0 saturated carbocycles. The number of aromatic nitrogens is 5. The molecule has 112 valence electrons. The van der Waals surface area contributed by atoms with Gasteiger partial charge in [0.2, 0.25) is 5.91 Å². The van der Waals surface area contributed by atoms with Gasteiger partial charge in [-0.25, -0.2) is 9.48 Å². The van der Waals surface area contributed by atoms with Crippen LogP contribution < -0.4 is 0 Å². The first-order chi connectivity index (χ1) is 9.82. The molecule has 0 radical (unpaired) electrons. The molecule has 1 atom stereocenters. The van der Waals surface area contributed by atoms with E-state index in [4.69, 9.17) is 0 Å². The molecule has 0 saturated heterocycles. The number of carboxylic acids is 1. The second kappa shape index (κ2) is 5.35. The number of amides is 1. The van der Waals surface area contributed by atoms with Crippen molar-refractivity contribution < 1.29 is 14.7 Å². The van der Waals surface area contributed by atoms with Crippen molar-refractivity contribution in [1.29, 1.82) is 0 Å². The highest BCUT2D eigenvalue weighted by Gasteiger charge is 2.27. The highest BCUT2D eigenvalue weighted by atomic mass is 16.4. The molecular weight excluding hydrogens is 276 g/mol. The van der Waals surface area contributed by atoms with Gasteiger partial charge in [-0.3, -0.25) is 9.48 Å². The quantitative estimate of drug-likeness (QED) is 0.852. The van der Waals surface area contributed by atoms with Crippen molar-refractivity contribution in [2.75, 3.05) is 14.1 Å². The minimum absolute atomic E-state index is 0.207. The summed E-state index contributed by atoms with van der Waals surface area (Å²) < 4.78 is 2.85. The molecule has 9 heteroatoms. The van der Waals surface area contributed by atoms with Gasteiger partial charge in [0.15, 0.2) is 5.69 Å². The van der Waals surface area contributed by atoms with E-state index < -0.39 is 12.0 Å². The number of aromatic carboxylic acids is 1. The summed E-state index contributed by atoms with van der Waals surface area (Å²) in [5, 5.41) is 20.7. The first kappa shape index (κ1) is 14.7. The van der Waals surface area contributed by atoms with E-state index in [0.29, 0.717) is 5.56 Å². The van der Waals surface area contributed by atoms with Crippen LogP contribution in [-0.2, 0) is 11.8 Å².